The van der Waals surface area contributed by atoms with Crippen molar-refractivity contribution in [2.45, 2.75) is 20.3 Å². The molecule has 0 atom stereocenters. The SMILES string of the molecule is CCc1nnc(C)cc1-c1nc2ccccc2[nH]1. The lowest BCUT2D eigenvalue weighted by atomic mass is 10.1. The first-order chi connectivity index (χ1) is 8.78. The normalized spacial score (nSPS) is 11.0. The molecule has 2 aromatic heterocycles. The summed E-state index contributed by atoms with van der Waals surface area (Å²) in [5.74, 6) is 0.867. The molecule has 0 amide bonds. The number of H-pyrrole nitrogens is 1. The molecule has 0 saturated carbocycles. The third-order valence-electron chi connectivity index (χ3n) is 2.97. The average molecular weight is 238 g/mol. The van der Waals surface area contributed by atoms with Crippen LogP contribution < -0.4 is 0 Å². The smallest absolute Gasteiger partial charge is 0.140 e. The highest BCUT2D eigenvalue weighted by Gasteiger charge is 2.10. The van der Waals surface area contributed by atoms with Gasteiger partial charge in [0.1, 0.15) is 5.82 Å². The van der Waals surface area contributed by atoms with Gasteiger partial charge in [0.15, 0.2) is 0 Å². The quantitative estimate of drug-likeness (QED) is 0.746. The number of fused-ring (bicyclic) bond motifs is 1. The van der Waals surface area contributed by atoms with Crippen molar-refractivity contribution in [3.63, 3.8) is 0 Å². The largest absolute Gasteiger partial charge is 0.338 e. The summed E-state index contributed by atoms with van der Waals surface area (Å²) in [6.45, 7) is 4.02. The fourth-order valence-electron chi connectivity index (χ4n) is 2.06. The third kappa shape index (κ3) is 1.76. The predicted molar refractivity (Wildman–Crippen MR) is 71.2 cm³/mol. The van der Waals surface area contributed by atoms with Crippen LogP contribution in [0.5, 0.6) is 0 Å². The van der Waals surface area contributed by atoms with Gasteiger partial charge in [-0.25, -0.2) is 4.98 Å². The molecule has 18 heavy (non-hydrogen) atoms. The number of aromatic nitrogens is 4. The van der Waals surface area contributed by atoms with E-state index in [1.807, 2.05) is 37.3 Å². The maximum atomic E-state index is 4.61. The topological polar surface area (TPSA) is 54.5 Å². The molecule has 3 aromatic rings. The van der Waals surface area contributed by atoms with Gasteiger partial charge in [0, 0.05) is 5.56 Å². The van der Waals surface area contributed by atoms with Crippen LogP contribution in [0.2, 0.25) is 0 Å². The summed E-state index contributed by atoms with van der Waals surface area (Å²) < 4.78 is 0. The lowest BCUT2D eigenvalue weighted by Gasteiger charge is -2.03. The number of aromatic amines is 1. The minimum absolute atomic E-state index is 0.847. The molecule has 1 aromatic carbocycles. The Morgan fingerprint density at radius 1 is 1.17 bits per heavy atom. The summed E-state index contributed by atoms with van der Waals surface area (Å²) in [5, 5.41) is 8.33. The van der Waals surface area contributed by atoms with Gasteiger partial charge in [0.25, 0.3) is 0 Å². The molecule has 3 rings (SSSR count). The molecule has 0 bridgehead atoms. The molecule has 0 unspecified atom stereocenters. The number of hydrogen-bond donors (Lipinski definition) is 1. The van der Waals surface area contributed by atoms with Crippen molar-refractivity contribution in [2.75, 3.05) is 0 Å². The van der Waals surface area contributed by atoms with Crippen LogP contribution in [-0.2, 0) is 6.42 Å². The Morgan fingerprint density at radius 3 is 2.78 bits per heavy atom. The average Bonchev–Trinajstić information content (AvgIpc) is 2.82. The first-order valence-corrected chi connectivity index (χ1v) is 6.06. The molecular formula is C14H14N4. The second-order valence-corrected chi connectivity index (χ2v) is 4.30. The summed E-state index contributed by atoms with van der Waals surface area (Å²) in [6, 6.07) is 10.1. The van der Waals surface area contributed by atoms with Gasteiger partial charge in [-0.1, -0.05) is 19.1 Å². The van der Waals surface area contributed by atoms with Crippen molar-refractivity contribution in [3.8, 4) is 11.4 Å². The number of imidazole rings is 1. The van der Waals surface area contributed by atoms with Gasteiger partial charge in [0.05, 0.1) is 22.4 Å². The highest BCUT2D eigenvalue weighted by Crippen LogP contribution is 2.23. The summed E-state index contributed by atoms with van der Waals surface area (Å²) in [7, 11) is 0. The maximum Gasteiger partial charge on any atom is 0.140 e. The van der Waals surface area contributed by atoms with Crippen LogP contribution in [0.3, 0.4) is 0 Å². The Morgan fingerprint density at radius 2 is 2.00 bits per heavy atom. The highest BCUT2D eigenvalue weighted by atomic mass is 15.1. The Balaban J connectivity index is 2.22. The molecule has 0 radical (unpaired) electrons. The molecule has 0 saturated heterocycles. The number of rotatable bonds is 2. The number of nitrogens with one attached hydrogen (secondary N) is 1. The summed E-state index contributed by atoms with van der Waals surface area (Å²) in [5.41, 5.74) is 4.94. The van der Waals surface area contributed by atoms with Crippen molar-refractivity contribution >= 4 is 11.0 Å². The van der Waals surface area contributed by atoms with Crippen molar-refractivity contribution in [1.82, 2.24) is 20.2 Å². The molecule has 1 N–H and O–H groups in total. The zero-order valence-electron chi connectivity index (χ0n) is 10.4. The van der Waals surface area contributed by atoms with E-state index in [0.29, 0.717) is 0 Å². The molecule has 0 spiro atoms. The van der Waals surface area contributed by atoms with Gasteiger partial charge >= 0.3 is 0 Å². The Labute approximate surface area is 105 Å². The van der Waals surface area contributed by atoms with E-state index in [4.69, 9.17) is 0 Å². The fourth-order valence-corrected chi connectivity index (χ4v) is 2.06. The lowest BCUT2D eigenvalue weighted by molar-refractivity contribution is 0.893. The van der Waals surface area contributed by atoms with Crippen molar-refractivity contribution < 1.29 is 0 Å². The molecule has 0 aliphatic heterocycles. The third-order valence-corrected chi connectivity index (χ3v) is 2.97. The number of hydrogen-bond acceptors (Lipinski definition) is 3. The minimum atomic E-state index is 0.847. The van der Waals surface area contributed by atoms with Crippen molar-refractivity contribution in [1.29, 1.82) is 0 Å². The van der Waals surface area contributed by atoms with Gasteiger partial charge in [-0.15, -0.1) is 0 Å². The summed E-state index contributed by atoms with van der Waals surface area (Å²) >= 11 is 0. The first-order valence-electron chi connectivity index (χ1n) is 6.06. The number of nitrogens with zero attached hydrogens (tertiary/aromatic N) is 3. The van der Waals surface area contributed by atoms with E-state index in [-0.39, 0.29) is 0 Å². The van der Waals surface area contributed by atoms with Crippen LogP contribution >= 0.6 is 0 Å². The second kappa shape index (κ2) is 4.22. The zero-order valence-corrected chi connectivity index (χ0v) is 10.4. The predicted octanol–water partition coefficient (Wildman–Crippen LogP) is 2.89. The van der Waals surface area contributed by atoms with Crippen molar-refractivity contribution in [2.24, 2.45) is 0 Å². The van der Waals surface area contributed by atoms with E-state index in [1.54, 1.807) is 0 Å². The van der Waals surface area contributed by atoms with E-state index in [9.17, 15) is 0 Å². The van der Waals surface area contributed by atoms with E-state index in [0.717, 1.165) is 40.2 Å². The number of para-hydroxylation sites is 2. The van der Waals surface area contributed by atoms with E-state index >= 15 is 0 Å². The van der Waals surface area contributed by atoms with Crippen LogP contribution in [0.4, 0.5) is 0 Å². The fraction of sp³-hybridized carbons (Fsp3) is 0.214. The van der Waals surface area contributed by atoms with E-state index < -0.39 is 0 Å². The first kappa shape index (κ1) is 10.9. The minimum Gasteiger partial charge on any atom is -0.338 e. The van der Waals surface area contributed by atoms with Crippen LogP contribution in [-0.4, -0.2) is 20.2 Å². The molecule has 2 heterocycles. The highest BCUT2D eigenvalue weighted by molar-refractivity contribution is 5.79. The zero-order chi connectivity index (χ0) is 12.5. The van der Waals surface area contributed by atoms with Crippen LogP contribution in [0, 0.1) is 6.92 Å². The Hall–Kier alpha value is -2.23. The Bertz CT molecular complexity index is 667. The van der Waals surface area contributed by atoms with Crippen LogP contribution in [0.1, 0.15) is 18.3 Å². The van der Waals surface area contributed by atoms with E-state index in [1.165, 1.54) is 0 Å². The molecule has 90 valence electrons. The monoisotopic (exact) mass is 238 g/mol. The molecule has 0 aliphatic carbocycles. The van der Waals surface area contributed by atoms with Crippen LogP contribution in [0.15, 0.2) is 30.3 Å². The molecular weight excluding hydrogens is 224 g/mol. The molecule has 0 fully saturated rings. The van der Waals surface area contributed by atoms with Crippen molar-refractivity contribution in [3.05, 3.63) is 41.7 Å². The molecule has 0 aliphatic rings. The van der Waals surface area contributed by atoms with Gasteiger partial charge in [-0.05, 0) is 31.5 Å². The molecule has 4 nitrogen and oxygen atoms in total. The summed E-state index contributed by atoms with van der Waals surface area (Å²) in [6.07, 6.45) is 0.847. The van der Waals surface area contributed by atoms with Gasteiger partial charge < -0.3 is 4.98 Å². The second-order valence-electron chi connectivity index (χ2n) is 4.30. The van der Waals surface area contributed by atoms with E-state index in [2.05, 4.69) is 27.1 Å². The van der Waals surface area contributed by atoms with Gasteiger partial charge in [0.2, 0.25) is 0 Å². The van der Waals surface area contributed by atoms with Gasteiger partial charge in [-0.2, -0.15) is 10.2 Å². The molecule has 4 heteroatoms. The lowest BCUT2D eigenvalue weighted by Crippen LogP contribution is -1.98. The summed E-state index contributed by atoms with van der Waals surface area (Å²) in [4.78, 5) is 7.94. The van der Waals surface area contributed by atoms with Crippen LogP contribution in [0.25, 0.3) is 22.4 Å². The maximum absolute atomic E-state index is 4.61. The standard InChI is InChI=1S/C14H14N4/c1-3-11-10(8-9(2)17-18-11)14-15-12-6-4-5-7-13(12)16-14/h4-8H,3H2,1-2H3,(H,15,16). The van der Waals surface area contributed by atoms with Gasteiger partial charge in [-0.3, -0.25) is 0 Å². The number of benzene rings is 1. The number of aryl methyl sites for hydroxylation is 2. The Kier molecular flexibility index (Phi) is 2.55.